The lowest BCUT2D eigenvalue weighted by Crippen LogP contribution is -2.03. The Kier molecular flexibility index (Phi) is 4.54. The van der Waals surface area contributed by atoms with Crippen LogP contribution < -0.4 is 5.32 Å². The number of hydrogen-bond acceptors (Lipinski definition) is 8. The van der Waals surface area contributed by atoms with E-state index in [1.807, 2.05) is 13.0 Å². The summed E-state index contributed by atoms with van der Waals surface area (Å²) in [5, 5.41) is 13.0. The Hall–Kier alpha value is -2.91. The van der Waals surface area contributed by atoms with Gasteiger partial charge >= 0.3 is 0 Å². The summed E-state index contributed by atoms with van der Waals surface area (Å²) in [5.41, 5.74) is 1.90. The van der Waals surface area contributed by atoms with Crippen LogP contribution >= 0.6 is 11.3 Å². The number of nitrogens with one attached hydrogen (secondary N) is 1. The topological polar surface area (TPSA) is 102 Å². The van der Waals surface area contributed by atoms with E-state index in [1.165, 1.54) is 11.3 Å². The Morgan fingerprint density at radius 2 is 2.00 bits per heavy atom. The molecule has 0 amide bonds. The average molecular weight is 381 g/mol. The van der Waals surface area contributed by atoms with E-state index in [4.69, 9.17) is 0 Å². The smallest absolute Gasteiger partial charge is 0.173 e. The second kappa shape index (κ2) is 7.01. The van der Waals surface area contributed by atoms with Crippen molar-refractivity contribution < 1.29 is 5.11 Å². The molecular weight excluding hydrogens is 362 g/mol. The maximum absolute atomic E-state index is 9.18. The third-order valence-corrected chi connectivity index (χ3v) is 5.07. The molecule has 0 aliphatic rings. The first-order valence-electron chi connectivity index (χ1n) is 8.55. The molecule has 0 unspecified atom stereocenters. The molecule has 0 aliphatic carbocycles. The summed E-state index contributed by atoms with van der Waals surface area (Å²) in [5.74, 6) is 2.85. The maximum atomic E-state index is 9.18. The van der Waals surface area contributed by atoms with E-state index in [1.54, 1.807) is 24.7 Å². The molecule has 0 spiro atoms. The second-order valence-corrected chi connectivity index (χ2v) is 7.46. The Labute approximate surface area is 160 Å². The quantitative estimate of drug-likeness (QED) is 0.546. The minimum atomic E-state index is -0.0878. The van der Waals surface area contributed by atoms with Crippen LogP contribution in [0, 0.1) is 6.92 Å². The van der Waals surface area contributed by atoms with Gasteiger partial charge in [0.2, 0.25) is 0 Å². The van der Waals surface area contributed by atoms with Gasteiger partial charge in [-0.3, -0.25) is 0 Å². The van der Waals surface area contributed by atoms with Crippen LogP contribution in [-0.2, 0) is 6.61 Å². The third kappa shape index (κ3) is 3.38. The second-order valence-electron chi connectivity index (χ2n) is 6.35. The van der Waals surface area contributed by atoms with E-state index >= 15 is 0 Å². The Morgan fingerprint density at radius 1 is 1.15 bits per heavy atom. The molecule has 0 aromatic carbocycles. The first kappa shape index (κ1) is 17.5. The maximum Gasteiger partial charge on any atom is 0.173 e. The highest BCUT2D eigenvalue weighted by Crippen LogP contribution is 2.26. The summed E-state index contributed by atoms with van der Waals surface area (Å²) in [6.07, 6.45) is 5.12. The number of thiazole rings is 1. The summed E-state index contributed by atoms with van der Waals surface area (Å²) >= 11 is 1.37. The number of aliphatic hydroxyl groups is 1. The van der Waals surface area contributed by atoms with E-state index < -0.39 is 0 Å². The molecule has 4 heterocycles. The van der Waals surface area contributed by atoms with Gasteiger partial charge in [0.05, 0.1) is 23.2 Å². The fraction of sp³-hybridized carbons (Fsp3) is 0.278. The fourth-order valence-corrected chi connectivity index (χ4v) is 3.72. The SMILES string of the molecule is Cc1nc2cnc(Nc3ccnc(-c4cnc(CO)s4)n3)cc2n1C(C)C. The van der Waals surface area contributed by atoms with Crippen LogP contribution in [-0.4, -0.2) is 34.6 Å². The zero-order valence-corrected chi connectivity index (χ0v) is 16.0. The van der Waals surface area contributed by atoms with Gasteiger partial charge in [-0.05, 0) is 26.8 Å². The van der Waals surface area contributed by atoms with Crippen molar-refractivity contribution in [3.05, 3.63) is 41.6 Å². The zero-order valence-electron chi connectivity index (χ0n) is 15.2. The van der Waals surface area contributed by atoms with Gasteiger partial charge in [0.25, 0.3) is 0 Å². The number of fused-ring (bicyclic) bond motifs is 1. The van der Waals surface area contributed by atoms with Gasteiger partial charge in [0.1, 0.15) is 28.0 Å². The molecule has 0 radical (unpaired) electrons. The highest BCUT2D eigenvalue weighted by molar-refractivity contribution is 7.15. The van der Waals surface area contributed by atoms with Crippen LogP contribution in [0.5, 0.6) is 0 Å². The van der Waals surface area contributed by atoms with Crippen molar-refractivity contribution in [3.63, 3.8) is 0 Å². The number of hydrogen-bond donors (Lipinski definition) is 2. The molecule has 0 saturated carbocycles. The lowest BCUT2D eigenvalue weighted by molar-refractivity contribution is 0.281. The molecule has 0 aliphatic heterocycles. The molecular formula is C18H19N7OS. The van der Waals surface area contributed by atoms with E-state index in [0.717, 1.165) is 21.7 Å². The molecule has 27 heavy (non-hydrogen) atoms. The van der Waals surface area contributed by atoms with Crippen molar-refractivity contribution in [1.82, 2.24) is 29.5 Å². The number of pyridine rings is 1. The molecule has 4 aromatic rings. The standard InChI is InChI=1S/C18H19N7OS/c1-10(2)25-11(3)22-12-7-20-16(6-13(12)25)23-15-4-5-19-18(24-15)14-8-21-17(9-26)27-14/h4-8,10,26H,9H2,1-3H3,(H,19,20,23,24). The number of aliphatic hydroxyl groups excluding tert-OH is 1. The minimum Gasteiger partial charge on any atom is -0.389 e. The van der Waals surface area contributed by atoms with Crippen molar-refractivity contribution >= 4 is 34.0 Å². The van der Waals surface area contributed by atoms with Crippen molar-refractivity contribution in [3.8, 4) is 10.7 Å². The molecule has 0 fully saturated rings. The molecule has 138 valence electrons. The van der Waals surface area contributed by atoms with Crippen molar-refractivity contribution in [2.45, 2.75) is 33.4 Å². The third-order valence-electron chi connectivity index (χ3n) is 4.09. The summed E-state index contributed by atoms with van der Waals surface area (Å²) < 4.78 is 2.18. The number of imidazole rings is 1. The lowest BCUT2D eigenvalue weighted by atomic mass is 10.3. The molecule has 0 bridgehead atoms. The van der Waals surface area contributed by atoms with Gasteiger partial charge in [-0.1, -0.05) is 0 Å². The molecule has 2 N–H and O–H groups in total. The van der Waals surface area contributed by atoms with Crippen LogP contribution in [0.4, 0.5) is 11.6 Å². The minimum absolute atomic E-state index is 0.0878. The average Bonchev–Trinajstić information content (AvgIpc) is 3.25. The number of aryl methyl sites for hydroxylation is 1. The van der Waals surface area contributed by atoms with Gasteiger partial charge in [-0.2, -0.15) is 0 Å². The molecule has 8 nitrogen and oxygen atoms in total. The van der Waals surface area contributed by atoms with E-state index in [9.17, 15) is 5.11 Å². The summed E-state index contributed by atoms with van der Waals surface area (Å²) in [6.45, 7) is 6.18. The Balaban J connectivity index is 1.66. The van der Waals surface area contributed by atoms with Crippen LogP contribution in [0.1, 0.15) is 30.7 Å². The predicted molar refractivity (Wildman–Crippen MR) is 105 cm³/mol. The Morgan fingerprint density at radius 3 is 2.74 bits per heavy atom. The van der Waals surface area contributed by atoms with Gasteiger partial charge < -0.3 is 15.0 Å². The molecule has 4 aromatic heterocycles. The summed E-state index contributed by atoms with van der Waals surface area (Å²) in [4.78, 5) is 22.8. The molecule has 4 rings (SSSR count). The van der Waals surface area contributed by atoms with Crippen molar-refractivity contribution in [1.29, 1.82) is 0 Å². The molecule has 9 heteroatoms. The zero-order chi connectivity index (χ0) is 19.0. The molecule has 0 saturated heterocycles. The molecule has 0 atom stereocenters. The normalized spacial score (nSPS) is 11.4. The highest BCUT2D eigenvalue weighted by Gasteiger charge is 2.12. The van der Waals surface area contributed by atoms with Crippen molar-refractivity contribution in [2.24, 2.45) is 0 Å². The highest BCUT2D eigenvalue weighted by atomic mass is 32.1. The summed E-state index contributed by atoms with van der Waals surface area (Å²) in [7, 11) is 0. The predicted octanol–water partition coefficient (Wildman–Crippen LogP) is 3.47. The first-order valence-corrected chi connectivity index (χ1v) is 9.37. The van der Waals surface area contributed by atoms with Crippen LogP contribution in [0.15, 0.2) is 30.7 Å². The van der Waals surface area contributed by atoms with Crippen LogP contribution in [0.25, 0.3) is 21.7 Å². The van der Waals surface area contributed by atoms with E-state index in [-0.39, 0.29) is 6.61 Å². The van der Waals surface area contributed by atoms with Gasteiger partial charge in [0.15, 0.2) is 5.82 Å². The van der Waals surface area contributed by atoms with Crippen molar-refractivity contribution in [2.75, 3.05) is 5.32 Å². The lowest BCUT2D eigenvalue weighted by Gasteiger charge is -2.11. The fourth-order valence-electron chi connectivity index (χ4n) is 3.00. The largest absolute Gasteiger partial charge is 0.389 e. The van der Waals surface area contributed by atoms with Crippen LogP contribution in [0.2, 0.25) is 0 Å². The van der Waals surface area contributed by atoms with E-state index in [0.29, 0.717) is 28.5 Å². The van der Waals surface area contributed by atoms with Gasteiger partial charge in [-0.25, -0.2) is 24.9 Å². The van der Waals surface area contributed by atoms with E-state index in [2.05, 4.69) is 48.7 Å². The number of anilines is 2. The number of nitrogens with zero attached hydrogens (tertiary/aromatic N) is 6. The van der Waals surface area contributed by atoms with Gasteiger partial charge in [-0.15, -0.1) is 11.3 Å². The number of aromatic nitrogens is 6. The first-order chi connectivity index (χ1) is 13.0. The van der Waals surface area contributed by atoms with Crippen LogP contribution in [0.3, 0.4) is 0 Å². The van der Waals surface area contributed by atoms with Gasteiger partial charge in [0, 0.05) is 24.5 Å². The Bertz CT molecular complexity index is 1100. The monoisotopic (exact) mass is 381 g/mol. The number of rotatable bonds is 5. The summed E-state index contributed by atoms with van der Waals surface area (Å²) in [6, 6.07) is 4.07.